The van der Waals surface area contributed by atoms with Crippen molar-refractivity contribution < 1.29 is 23.1 Å². The summed E-state index contributed by atoms with van der Waals surface area (Å²) >= 11 is 0. The van der Waals surface area contributed by atoms with Crippen LogP contribution in [0.25, 0.3) is 22.6 Å². The highest BCUT2D eigenvalue weighted by molar-refractivity contribution is 5.88. The average molecular weight is 427 g/mol. The van der Waals surface area contributed by atoms with Gasteiger partial charge in [-0.05, 0) is 36.8 Å². The Labute approximate surface area is 174 Å². The van der Waals surface area contributed by atoms with Gasteiger partial charge in [-0.2, -0.15) is 18.3 Å². The van der Waals surface area contributed by atoms with Crippen LogP contribution in [0.15, 0.2) is 60.9 Å². The van der Waals surface area contributed by atoms with Crippen LogP contribution in [0.1, 0.15) is 28.5 Å². The quantitative estimate of drug-likeness (QED) is 0.510. The van der Waals surface area contributed by atoms with Crippen LogP contribution in [-0.2, 0) is 12.6 Å². The van der Waals surface area contributed by atoms with E-state index in [9.17, 15) is 18.0 Å². The number of aryl methyl sites for hydroxylation is 1. The summed E-state index contributed by atoms with van der Waals surface area (Å²) in [5, 5.41) is 21.1. The Kier molecular flexibility index (Phi) is 5.05. The number of nitrogens with zero attached hydrogens (tertiary/aromatic N) is 5. The first kappa shape index (κ1) is 20.3. The zero-order valence-electron chi connectivity index (χ0n) is 16.2. The number of halogens is 3. The van der Waals surface area contributed by atoms with Gasteiger partial charge in [0.05, 0.1) is 29.3 Å². The number of carboxylic acids is 1. The molecule has 0 aliphatic carbocycles. The molecule has 2 heterocycles. The number of aromatic carboxylic acids is 1. The van der Waals surface area contributed by atoms with Crippen LogP contribution < -0.4 is 0 Å². The second kappa shape index (κ2) is 7.71. The molecule has 0 saturated heterocycles. The maximum absolute atomic E-state index is 13.5. The minimum absolute atomic E-state index is 0.116. The first-order valence-corrected chi connectivity index (χ1v) is 9.29. The summed E-state index contributed by atoms with van der Waals surface area (Å²) in [6.45, 7) is 1.65. The van der Waals surface area contributed by atoms with E-state index >= 15 is 0 Å². The number of aromatic nitrogens is 5. The second-order valence-electron chi connectivity index (χ2n) is 6.73. The molecule has 0 atom stereocenters. The Morgan fingerprint density at radius 3 is 2.48 bits per heavy atom. The smallest absolute Gasteiger partial charge is 0.433 e. The predicted octanol–water partition coefficient (Wildman–Crippen LogP) is 4.40. The van der Waals surface area contributed by atoms with Gasteiger partial charge in [0.15, 0.2) is 5.69 Å². The van der Waals surface area contributed by atoms with Crippen LogP contribution in [0.5, 0.6) is 0 Å². The van der Waals surface area contributed by atoms with Gasteiger partial charge >= 0.3 is 12.1 Å². The second-order valence-corrected chi connectivity index (χ2v) is 6.73. The normalized spacial score (nSPS) is 11.6. The number of benzene rings is 2. The molecule has 7 nitrogen and oxygen atoms in total. The fourth-order valence-corrected chi connectivity index (χ4v) is 3.22. The van der Waals surface area contributed by atoms with Crippen LogP contribution in [0.2, 0.25) is 0 Å². The van der Waals surface area contributed by atoms with Gasteiger partial charge in [0.2, 0.25) is 0 Å². The van der Waals surface area contributed by atoms with Crippen LogP contribution in [0.4, 0.5) is 13.2 Å². The SMILES string of the molecule is CCc1cnn(-c2ccc(-c3cn(-c4cccc(C(=O)O)c4)nn3)cc2)c1C(F)(F)F. The minimum Gasteiger partial charge on any atom is -0.478 e. The van der Waals surface area contributed by atoms with Crippen LogP contribution >= 0.6 is 0 Å². The van der Waals surface area contributed by atoms with Gasteiger partial charge in [-0.3, -0.25) is 0 Å². The van der Waals surface area contributed by atoms with Crippen LogP contribution in [-0.4, -0.2) is 35.9 Å². The van der Waals surface area contributed by atoms with Crippen molar-refractivity contribution in [3.05, 3.63) is 77.7 Å². The summed E-state index contributed by atoms with van der Waals surface area (Å²) in [4.78, 5) is 11.1. The molecule has 0 aliphatic rings. The van der Waals surface area contributed by atoms with Crippen molar-refractivity contribution >= 4 is 5.97 Å². The lowest BCUT2D eigenvalue weighted by atomic mass is 10.1. The molecule has 2 aromatic heterocycles. The summed E-state index contributed by atoms with van der Waals surface area (Å²) < 4.78 is 42.8. The molecule has 0 aliphatic heterocycles. The fraction of sp³-hybridized carbons (Fsp3) is 0.143. The number of hydrogen-bond donors (Lipinski definition) is 1. The molecule has 2 aromatic carbocycles. The van der Waals surface area contributed by atoms with Gasteiger partial charge in [-0.25, -0.2) is 14.2 Å². The van der Waals surface area contributed by atoms with E-state index in [1.54, 1.807) is 37.4 Å². The first-order valence-electron chi connectivity index (χ1n) is 9.29. The Morgan fingerprint density at radius 2 is 1.84 bits per heavy atom. The molecule has 0 spiro atoms. The third-order valence-corrected chi connectivity index (χ3v) is 4.75. The molecule has 0 bridgehead atoms. The molecule has 31 heavy (non-hydrogen) atoms. The molecule has 0 radical (unpaired) electrons. The molecular weight excluding hydrogens is 411 g/mol. The van der Waals surface area contributed by atoms with Gasteiger partial charge in [0.25, 0.3) is 0 Å². The number of carbonyl (C=O) groups is 1. The summed E-state index contributed by atoms with van der Waals surface area (Å²) in [6, 6.07) is 12.5. The summed E-state index contributed by atoms with van der Waals surface area (Å²) in [6.07, 6.45) is -1.46. The number of rotatable bonds is 5. The van der Waals surface area contributed by atoms with Crippen molar-refractivity contribution in [2.75, 3.05) is 0 Å². The number of carboxylic acid groups (broad SMARTS) is 1. The lowest BCUT2D eigenvalue weighted by Gasteiger charge is -2.12. The van der Waals surface area contributed by atoms with Gasteiger partial charge in [0.1, 0.15) is 5.69 Å². The highest BCUT2D eigenvalue weighted by Crippen LogP contribution is 2.34. The molecule has 0 fully saturated rings. The molecule has 4 rings (SSSR count). The van der Waals surface area contributed by atoms with Crippen LogP contribution in [0, 0.1) is 0 Å². The largest absolute Gasteiger partial charge is 0.478 e. The summed E-state index contributed by atoms with van der Waals surface area (Å²) in [5.41, 5.74) is 1.38. The summed E-state index contributed by atoms with van der Waals surface area (Å²) in [7, 11) is 0. The van der Waals surface area contributed by atoms with E-state index in [1.807, 2.05) is 0 Å². The van der Waals surface area contributed by atoms with Gasteiger partial charge in [-0.1, -0.05) is 30.3 Å². The maximum atomic E-state index is 13.5. The molecular formula is C21H16F3N5O2. The van der Waals surface area contributed by atoms with E-state index in [-0.39, 0.29) is 23.2 Å². The third-order valence-electron chi connectivity index (χ3n) is 4.75. The molecule has 4 aromatic rings. The van der Waals surface area contributed by atoms with E-state index < -0.39 is 17.8 Å². The van der Waals surface area contributed by atoms with E-state index in [0.29, 0.717) is 16.9 Å². The van der Waals surface area contributed by atoms with Crippen molar-refractivity contribution in [3.63, 3.8) is 0 Å². The lowest BCUT2D eigenvalue weighted by Crippen LogP contribution is -2.15. The van der Waals surface area contributed by atoms with Gasteiger partial charge < -0.3 is 5.11 Å². The maximum Gasteiger partial charge on any atom is 0.433 e. The molecule has 0 saturated carbocycles. The first-order chi connectivity index (χ1) is 14.8. The zero-order chi connectivity index (χ0) is 22.2. The topological polar surface area (TPSA) is 85.8 Å². The highest BCUT2D eigenvalue weighted by atomic mass is 19.4. The predicted molar refractivity (Wildman–Crippen MR) is 105 cm³/mol. The molecule has 0 amide bonds. The average Bonchev–Trinajstić information content (AvgIpc) is 3.41. The van der Waals surface area contributed by atoms with Crippen molar-refractivity contribution in [3.8, 4) is 22.6 Å². The minimum atomic E-state index is -4.52. The van der Waals surface area contributed by atoms with E-state index in [0.717, 1.165) is 4.68 Å². The van der Waals surface area contributed by atoms with Crippen molar-refractivity contribution in [2.45, 2.75) is 19.5 Å². The fourth-order valence-electron chi connectivity index (χ4n) is 3.22. The Hall–Kier alpha value is -3.95. The summed E-state index contributed by atoms with van der Waals surface area (Å²) in [5.74, 6) is -1.05. The Morgan fingerprint density at radius 1 is 1.10 bits per heavy atom. The Bertz CT molecular complexity index is 1240. The standard InChI is InChI=1S/C21H16F3N5O2/c1-2-13-11-25-29(19(13)21(22,23)24)16-8-6-14(7-9-16)18-12-28(27-26-18)17-5-3-4-15(10-17)20(30)31/h3-12H,2H2,1H3,(H,30,31). The number of hydrogen-bond acceptors (Lipinski definition) is 4. The molecule has 0 unspecified atom stereocenters. The zero-order valence-corrected chi connectivity index (χ0v) is 16.2. The van der Waals surface area contributed by atoms with Gasteiger partial charge in [0, 0.05) is 11.1 Å². The van der Waals surface area contributed by atoms with Crippen LogP contribution in [0.3, 0.4) is 0 Å². The van der Waals surface area contributed by atoms with E-state index in [1.165, 1.54) is 35.1 Å². The Balaban J connectivity index is 1.64. The van der Waals surface area contributed by atoms with E-state index in [2.05, 4.69) is 15.4 Å². The third kappa shape index (κ3) is 3.91. The lowest BCUT2D eigenvalue weighted by molar-refractivity contribution is -0.143. The van der Waals surface area contributed by atoms with Crippen molar-refractivity contribution in [1.82, 2.24) is 24.8 Å². The van der Waals surface area contributed by atoms with Crippen molar-refractivity contribution in [1.29, 1.82) is 0 Å². The molecule has 1 N–H and O–H groups in total. The number of alkyl halides is 3. The van der Waals surface area contributed by atoms with E-state index in [4.69, 9.17) is 5.11 Å². The van der Waals surface area contributed by atoms with Crippen molar-refractivity contribution in [2.24, 2.45) is 0 Å². The highest BCUT2D eigenvalue weighted by Gasteiger charge is 2.38. The molecule has 10 heteroatoms. The molecule has 158 valence electrons. The monoisotopic (exact) mass is 427 g/mol. The van der Waals surface area contributed by atoms with Gasteiger partial charge in [-0.15, -0.1) is 5.10 Å².